The van der Waals surface area contributed by atoms with E-state index in [0.717, 1.165) is 12.3 Å². The van der Waals surface area contributed by atoms with E-state index in [9.17, 15) is 14.7 Å². The average molecular weight is 329 g/mol. The van der Waals surface area contributed by atoms with Crippen molar-refractivity contribution in [3.8, 4) is 0 Å². The Morgan fingerprint density at radius 1 is 1.46 bits per heavy atom. The minimum atomic E-state index is -0.925. The molecule has 6 aliphatic rings. The predicted molar refractivity (Wildman–Crippen MR) is 86.0 cm³/mol. The molecule has 1 saturated carbocycles. The lowest BCUT2D eigenvalue weighted by molar-refractivity contribution is -0.148. The molecule has 1 amide bonds. The van der Waals surface area contributed by atoms with Crippen LogP contribution in [0.25, 0.3) is 0 Å². The lowest BCUT2D eigenvalue weighted by Crippen LogP contribution is -2.50. The van der Waals surface area contributed by atoms with Crippen LogP contribution in [0.5, 0.6) is 0 Å². The van der Waals surface area contributed by atoms with Crippen LogP contribution in [0, 0.1) is 29.1 Å². The molecule has 0 aromatic rings. The van der Waals surface area contributed by atoms with Crippen LogP contribution in [-0.4, -0.2) is 46.7 Å². The van der Waals surface area contributed by atoms with Gasteiger partial charge in [-0.25, -0.2) is 0 Å². The zero-order valence-corrected chi connectivity index (χ0v) is 14.1. The van der Waals surface area contributed by atoms with Crippen molar-refractivity contribution in [2.75, 3.05) is 13.1 Å². The van der Waals surface area contributed by atoms with Gasteiger partial charge >= 0.3 is 5.97 Å². The first-order chi connectivity index (χ1) is 11.3. The highest BCUT2D eigenvalue weighted by Gasteiger charge is 2.67. The summed E-state index contributed by atoms with van der Waals surface area (Å²) in [5, 5.41) is 9.53. The summed E-state index contributed by atoms with van der Waals surface area (Å²) in [5.74, 6) is -0.934. The van der Waals surface area contributed by atoms with E-state index in [0.29, 0.717) is 24.4 Å². The number of carboxylic acids is 1. The summed E-state index contributed by atoms with van der Waals surface area (Å²) in [6.07, 6.45) is 7.95. The van der Waals surface area contributed by atoms with Gasteiger partial charge in [-0.05, 0) is 30.1 Å². The molecule has 5 heteroatoms. The fourth-order valence-electron chi connectivity index (χ4n) is 5.87. The fraction of sp³-hybridized carbons (Fsp3) is 0.684. The van der Waals surface area contributed by atoms with Crippen LogP contribution in [0.15, 0.2) is 23.8 Å². The molecule has 3 heterocycles. The number of aliphatic carboxylic acids is 1. The monoisotopic (exact) mass is 329 g/mol. The van der Waals surface area contributed by atoms with Crippen LogP contribution < -0.4 is 0 Å². The first kappa shape index (κ1) is 14.7. The van der Waals surface area contributed by atoms with Crippen molar-refractivity contribution in [2.24, 2.45) is 29.1 Å². The molecule has 128 valence electrons. The van der Waals surface area contributed by atoms with Gasteiger partial charge in [-0.1, -0.05) is 37.6 Å². The average Bonchev–Trinajstić information content (AvgIpc) is 3.16. The van der Waals surface area contributed by atoms with E-state index in [1.165, 1.54) is 12.0 Å². The smallest absolute Gasteiger partial charge is 0.310 e. The maximum atomic E-state index is 13.0. The maximum absolute atomic E-state index is 13.0. The van der Waals surface area contributed by atoms with Gasteiger partial charge in [0.1, 0.15) is 11.5 Å². The number of carboxylic acid groups (broad SMARTS) is 1. The Kier molecular flexibility index (Phi) is 2.64. The minimum absolute atomic E-state index is 0.0468. The Morgan fingerprint density at radius 2 is 2.25 bits per heavy atom. The van der Waals surface area contributed by atoms with Crippen molar-refractivity contribution in [1.82, 2.24) is 4.90 Å². The van der Waals surface area contributed by atoms with Crippen molar-refractivity contribution in [3.63, 3.8) is 0 Å². The van der Waals surface area contributed by atoms with E-state index in [2.05, 4.69) is 19.9 Å². The summed E-state index contributed by atoms with van der Waals surface area (Å²) >= 11 is 0. The van der Waals surface area contributed by atoms with Gasteiger partial charge in [0, 0.05) is 6.54 Å². The zero-order chi connectivity index (χ0) is 16.9. The molecule has 0 unspecified atom stereocenters. The van der Waals surface area contributed by atoms with E-state index in [1.807, 2.05) is 17.1 Å². The van der Waals surface area contributed by atoms with Crippen LogP contribution in [0.3, 0.4) is 0 Å². The Labute approximate surface area is 141 Å². The Bertz CT molecular complexity index is 708. The molecule has 24 heavy (non-hydrogen) atoms. The SMILES string of the molecule is CC1(C)[C@H]2CC=C(CN3C[C@@]45C=C[C@@H](O4)[C@H](C(=O)O)[C@@H]5C3=O)[C@@H]1C2. The lowest BCUT2D eigenvalue weighted by Gasteiger charge is -2.56. The third-order valence-electron chi connectivity index (χ3n) is 7.42. The number of carbonyl (C=O) groups is 2. The molecule has 0 aromatic carbocycles. The topological polar surface area (TPSA) is 66.8 Å². The number of amides is 1. The molecule has 3 fully saturated rings. The molecule has 0 aromatic heterocycles. The maximum Gasteiger partial charge on any atom is 0.310 e. The summed E-state index contributed by atoms with van der Waals surface area (Å²) in [6.45, 7) is 5.77. The molecule has 1 N–H and O–H groups in total. The minimum Gasteiger partial charge on any atom is -0.481 e. The van der Waals surface area contributed by atoms with Gasteiger partial charge in [-0.15, -0.1) is 0 Å². The molecule has 2 saturated heterocycles. The number of rotatable bonds is 3. The van der Waals surface area contributed by atoms with Crippen molar-refractivity contribution < 1.29 is 19.4 Å². The lowest BCUT2D eigenvalue weighted by atomic mass is 9.49. The van der Waals surface area contributed by atoms with Crippen LogP contribution in [0.2, 0.25) is 0 Å². The van der Waals surface area contributed by atoms with Gasteiger partial charge in [0.15, 0.2) is 0 Å². The first-order valence-electron chi connectivity index (χ1n) is 8.91. The summed E-state index contributed by atoms with van der Waals surface area (Å²) in [4.78, 5) is 26.4. The molecule has 6 rings (SSSR count). The zero-order valence-electron chi connectivity index (χ0n) is 14.1. The van der Waals surface area contributed by atoms with Crippen LogP contribution in [-0.2, 0) is 14.3 Å². The summed E-state index contributed by atoms with van der Waals surface area (Å²) in [7, 11) is 0. The molecule has 5 nitrogen and oxygen atoms in total. The molecule has 1 spiro atoms. The van der Waals surface area contributed by atoms with Crippen LogP contribution in [0.4, 0.5) is 0 Å². The highest BCUT2D eigenvalue weighted by Crippen LogP contribution is 2.60. The van der Waals surface area contributed by atoms with Crippen LogP contribution >= 0.6 is 0 Å². The number of nitrogens with zero attached hydrogens (tertiary/aromatic N) is 1. The quantitative estimate of drug-likeness (QED) is 0.803. The van der Waals surface area contributed by atoms with E-state index >= 15 is 0 Å². The van der Waals surface area contributed by atoms with Crippen molar-refractivity contribution in [1.29, 1.82) is 0 Å². The molecule has 3 aliphatic carbocycles. The Balaban J connectivity index is 1.40. The van der Waals surface area contributed by atoms with Gasteiger partial charge in [0.2, 0.25) is 5.91 Å². The number of fused-ring (bicyclic) bond motifs is 2. The van der Waals surface area contributed by atoms with Crippen molar-refractivity contribution >= 4 is 11.9 Å². The van der Waals surface area contributed by atoms with Gasteiger partial charge < -0.3 is 14.7 Å². The van der Waals surface area contributed by atoms with Gasteiger partial charge in [-0.2, -0.15) is 0 Å². The van der Waals surface area contributed by atoms with E-state index in [4.69, 9.17) is 4.74 Å². The van der Waals surface area contributed by atoms with Crippen molar-refractivity contribution in [3.05, 3.63) is 23.8 Å². The molecule has 0 radical (unpaired) electrons. The molecular weight excluding hydrogens is 306 g/mol. The summed E-state index contributed by atoms with van der Waals surface area (Å²) in [5.41, 5.74) is 0.981. The van der Waals surface area contributed by atoms with Crippen LogP contribution in [0.1, 0.15) is 26.7 Å². The third-order valence-corrected chi connectivity index (χ3v) is 7.42. The van der Waals surface area contributed by atoms with Crippen molar-refractivity contribution in [2.45, 2.75) is 38.4 Å². The second-order valence-electron chi connectivity index (χ2n) is 8.75. The number of hydrogen-bond donors (Lipinski definition) is 1. The molecular formula is C19H23NO4. The first-order valence-corrected chi connectivity index (χ1v) is 8.91. The van der Waals surface area contributed by atoms with Gasteiger partial charge in [-0.3, -0.25) is 9.59 Å². The third kappa shape index (κ3) is 1.59. The molecule has 3 aliphatic heterocycles. The second kappa shape index (κ2) is 4.31. The Morgan fingerprint density at radius 3 is 2.92 bits per heavy atom. The number of hydrogen-bond acceptors (Lipinski definition) is 3. The molecule has 6 atom stereocenters. The normalized spacial score (nSPS) is 46.8. The number of ether oxygens (including phenoxy) is 1. The highest BCUT2D eigenvalue weighted by atomic mass is 16.5. The summed E-state index contributed by atoms with van der Waals surface area (Å²) in [6, 6.07) is 0. The standard InChI is InChI=1S/C19H23NO4/c1-18(2)11-4-3-10(12(18)7-11)8-20-9-19-6-5-13(24-19)14(17(22)23)15(19)16(20)21/h3,5-6,11-15H,4,7-9H2,1-2H3,(H,22,23)/t11-,12-,13+,14-,15+,19+/m0/s1. The number of carbonyl (C=O) groups excluding carboxylic acids is 1. The van der Waals surface area contributed by atoms with E-state index in [1.54, 1.807) is 0 Å². The van der Waals surface area contributed by atoms with E-state index in [-0.39, 0.29) is 5.91 Å². The highest BCUT2D eigenvalue weighted by molar-refractivity contribution is 5.90. The fourth-order valence-corrected chi connectivity index (χ4v) is 5.87. The van der Waals surface area contributed by atoms with E-state index < -0.39 is 29.5 Å². The van der Waals surface area contributed by atoms with Gasteiger partial charge in [0.25, 0.3) is 0 Å². The summed E-state index contributed by atoms with van der Waals surface area (Å²) < 4.78 is 5.95. The largest absolute Gasteiger partial charge is 0.481 e. The molecule has 4 bridgehead atoms. The van der Waals surface area contributed by atoms with Gasteiger partial charge in [0.05, 0.1) is 18.6 Å². The number of allylic oxidation sites excluding steroid dienone is 1. The predicted octanol–water partition coefficient (Wildman–Crippen LogP) is 1.85. The second-order valence-corrected chi connectivity index (χ2v) is 8.75. The Hall–Kier alpha value is -1.62. The number of likely N-dealkylation sites (tertiary alicyclic amines) is 1.